The maximum absolute atomic E-state index is 13.7. The highest BCUT2D eigenvalue weighted by Gasteiger charge is 2.26. The molecule has 3 aromatic rings. The van der Waals surface area contributed by atoms with Gasteiger partial charge in [-0.15, -0.1) is 0 Å². The second-order valence-electron chi connectivity index (χ2n) is 11.0. The third-order valence-corrected chi connectivity index (χ3v) is 7.78. The minimum atomic E-state index is -3.74. The summed E-state index contributed by atoms with van der Waals surface area (Å²) < 4.78 is 34.3. The van der Waals surface area contributed by atoms with Gasteiger partial charge in [-0.25, -0.2) is 8.42 Å². The molecule has 0 spiro atoms. The van der Waals surface area contributed by atoms with E-state index in [-0.39, 0.29) is 16.2 Å². The molecule has 8 heteroatoms. The minimum absolute atomic E-state index is 0.100. The zero-order valence-corrected chi connectivity index (χ0v) is 22.9. The largest absolute Gasteiger partial charge is 0.464 e. The Morgan fingerprint density at radius 3 is 2.53 bits per heavy atom. The number of carbonyl (C=O) groups excluding carboxylic acids is 1. The molecule has 0 radical (unpaired) electrons. The van der Waals surface area contributed by atoms with Crippen molar-refractivity contribution >= 4 is 26.9 Å². The number of furan rings is 1. The van der Waals surface area contributed by atoms with Gasteiger partial charge in [0.2, 0.25) is 15.9 Å². The summed E-state index contributed by atoms with van der Waals surface area (Å²) in [5, 5.41) is 0.749. The second kappa shape index (κ2) is 12.0. The molecule has 196 valence electrons. The van der Waals surface area contributed by atoms with Crippen LogP contribution in [0.5, 0.6) is 0 Å². The van der Waals surface area contributed by atoms with Gasteiger partial charge in [0.25, 0.3) is 0 Å². The zero-order valence-electron chi connectivity index (χ0n) is 22.1. The molecule has 36 heavy (non-hydrogen) atoms. The maximum Gasteiger partial charge on any atom is 0.243 e. The lowest BCUT2D eigenvalue weighted by Gasteiger charge is -2.29. The number of hydrogen-bond acceptors (Lipinski definition) is 5. The Morgan fingerprint density at radius 2 is 1.86 bits per heavy atom. The zero-order chi connectivity index (χ0) is 26.3. The first-order chi connectivity index (χ1) is 17.0. The molecule has 2 aromatic heterocycles. The lowest BCUT2D eigenvalue weighted by molar-refractivity contribution is -0.133. The minimum Gasteiger partial charge on any atom is -0.464 e. The Hall–Kier alpha value is -2.71. The summed E-state index contributed by atoms with van der Waals surface area (Å²) in [6.07, 6.45) is 6.60. The molecule has 3 rings (SSSR count). The molecule has 0 bridgehead atoms. The molecule has 0 atom stereocenters. The van der Waals surface area contributed by atoms with Crippen molar-refractivity contribution in [3.8, 4) is 0 Å². The van der Waals surface area contributed by atoms with Crippen LogP contribution in [0.1, 0.15) is 53.0 Å². The van der Waals surface area contributed by atoms with E-state index in [1.807, 2.05) is 17.0 Å². The molecule has 1 aromatic carbocycles. The van der Waals surface area contributed by atoms with Crippen LogP contribution in [0.3, 0.4) is 0 Å². The molecule has 0 fully saturated rings. The van der Waals surface area contributed by atoms with E-state index in [0.717, 1.165) is 10.9 Å². The molecule has 0 aliphatic carbocycles. The topological polar surface area (TPSA) is 83.7 Å². The van der Waals surface area contributed by atoms with Crippen LogP contribution in [-0.4, -0.2) is 54.7 Å². The number of amides is 1. The van der Waals surface area contributed by atoms with E-state index < -0.39 is 10.0 Å². The molecule has 0 saturated heterocycles. The number of aromatic nitrogens is 1. The summed E-state index contributed by atoms with van der Waals surface area (Å²) in [7, 11) is -3.74. The fraction of sp³-hybridized carbons (Fsp3) is 0.500. The van der Waals surface area contributed by atoms with Gasteiger partial charge in [0, 0.05) is 50.4 Å². The van der Waals surface area contributed by atoms with Crippen LogP contribution in [0.4, 0.5) is 0 Å². The number of pyridine rings is 1. The van der Waals surface area contributed by atoms with Gasteiger partial charge in [0.1, 0.15) is 5.58 Å². The molecule has 1 amide bonds. The molecule has 0 aliphatic rings. The molecular weight excluding hydrogens is 474 g/mol. The predicted molar refractivity (Wildman–Crippen MR) is 143 cm³/mol. The van der Waals surface area contributed by atoms with Crippen molar-refractivity contribution in [1.29, 1.82) is 0 Å². The summed E-state index contributed by atoms with van der Waals surface area (Å²) >= 11 is 0. The van der Waals surface area contributed by atoms with Crippen LogP contribution < -0.4 is 0 Å². The Bertz CT molecular complexity index is 1230. The first-order valence-corrected chi connectivity index (χ1v) is 14.0. The van der Waals surface area contributed by atoms with Crippen molar-refractivity contribution in [2.75, 3.05) is 26.2 Å². The number of hydrogen-bond donors (Lipinski definition) is 0. The van der Waals surface area contributed by atoms with Crippen LogP contribution in [0.25, 0.3) is 11.0 Å². The number of rotatable bonds is 12. The highest BCUT2D eigenvalue weighted by atomic mass is 32.2. The molecule has 7 nitrogen and oxygen atoms in total. The van der Waals surface area contributed by atoms with E-state index in [1.54, 1.807) is 42.9 Å². The van der Waals surface area contributed by atoms with Crippen LogP contribution >= 0.6 is 0 Å². The van der Waals surface area contributed by atoms with Gasteiger partial charge in [0.15, 0.2) is 0 Å². The van der Waals surface area contributed by atoms with Gasteiger partial charge in [-0.3, -0.25) is 9.78 Å². The number of fused-ring (bicyclic) bond motifs is 1. The van der Waals surface area contributed by atoms with Gasteiger partial charge in [0.05, 0.1) is 11.2 Å². The highest BCUT2D eigenvalue weighted by molar-refractivity contribution is 7.89. The molecule has 0 unspecified atom stereocenters. The summed E-state index contributed by atoms with van der Waals surface area (Å²) in [5.41, 5.74) is 1.53. The highest BCUT2D eigenvalue weighted by Crippen LogP contribution is 2.24. The third-order valence-electron chi connectivity index (χ3n) is 5.89. The van der Waals surface area contributed by atoms with Gasteiger partial charge in [-0.2, -0.15) is 4.31 Å². The summed E-state index contributed by atoms with van der Waals surface area (Å²) in [5.74, 6) is 0.451. The Morgan fingerprint density at radius 1 is 1.08 bits per heavy atom. The average molecular weight is 514 g/mol. The van der Waals surface area contributed by atoms with Crippen molar-refractivity contribution in [2.45, 2.75) is 58.8 Å². The van der Waals surface area contributed by atoms with Crippen LogP contribution in [0.2, 0.25) is 0 Å². The fourth-order valence-corrected chi connectivity index (χ4v) is 5.68. The predicted octanol–water partition coefficient (Wildman–Crippen LogP) is 5.37. The number of sulfonamides is 1. The van der Waals surface area contributed by atoms with Crippen LogP contribution in [0, 0.1) is 11.3 Å². The normalized spacial score (nSPS) is 12.5. The molecule has 0 N–H and O–H groups in total. The van der Waals surface area contributed by atoms with E-state index in [1.165, 1.54) is 4.31 Å². The van der Waals surface area contributed by atoms with Crippen molar-refractivity contribution in [3.05, 3.63) is 60.6 Å². The van der Waals surface area contributed by atoms with Gasteiger partial charge >= 0.3 is 0 Å². The van der Waals surface area contributed by atoms with Crippen molar-refractivity contribution in [2.24, 2.45) is 11.3 Å². The van der Waals surface area contributed by atoms with Crippen molar-refractivity contribution in [3.63, 3.8) is 0 Å². The van der Waals surface area contributed by atoms with E-state index in [4.69, 9.17) is 4.42 Å². The molecule has 2 heterocycles. The molecular formula is C28H39N3O4S. The quantitative estimate of drug-likeness (QED) is 0.325. The second-order valence-corrected chi connectivity index (χ2v) is 12.9. The Kier molecular flexibility index (Phi) is 9.30. The molecule has 0 saturated carbocycles. The summed E-state index contributed by atoms with van der Waals surface area (Å²) in [6, 6.07) is 10.5. The summed E-state index contributed by atoms with van der Waals surface area (Å²) in [6.45, 7) is 12.2. The first kappa shape index (κ1) is 27.9. The lowest BCUT2D eigenvalue weighted by atomic mass is 9.91. The summed E-state index contributed by atoms with van der Waals surface area (Å²) in [4.78, 5) is 19.3. The van der Waals surface area contributed by atoms with Crippen molar-refractivity contribution < 1.29 is 17.6 Å². The number of nitrogens with zero attached hydrogens (tertiary/aromatic N) is 3. The van der Waals surface area contributed by atoms with E-state index in [2.05, 4.69) is 39.6 Å². The van der Waals surface area contributed by atoms with Gasteiger partial charge in [-0.1, -0.05) is 40.7 Å². The van der Waals surface area contributed by atoms with Gasteiger partial charge < -0.3 is 9.32 Å². The molecule has 0 aliphatic heterocycles. The smallest absolute Gasteiger partial charge is 0.243 e. The van der Waals surface area contributed by atoms with E-state index in [9.17, 15) is 13.2 Å². The monoisotopic (exact) mass is 513 g/mol. The van der Waals surface area contributed by atoms with Crippen LogP contribution in [0.15, 0.2) is 64.4 Å². The Labute approximate surface area is 215 Å². The average Bonchev–Trinajstić information content (AvgIpc) is 3.27. The van der Waals surface area contributed by atoms with Gasteiger partial charge in [-0.05, 0) is 60.1 Å². The fourth-order valence-electron chi connectivity index (χ4n) is 4.17. The van der Waals surface area contributed by atoms with E-state index in [0.29, 0.717) is 56.9 Å². The maximum atomic E-state index is 13.7. The standard InChI is InChI=1S/C28H39N3O4S/c1-22(2)21-30(27(32)19-28(3,4)5)14-7-15-31(16-11-23-8-6-13-29-20-23)36(33,34)25-9-10-26-24(18-25)12-17-35-26/h6,8-10,12-13,17-18,20,22H,7,11,14-16,19,21H2,1-5H3. The van der Waals surface area contributed by atoms with E-state index >= 15 is 0 Å². The lowest BCUT2D eigenvalue weighted by Crippen LogP contribution is -2.39. The SMILES string of the molecule is CC(C)CN(CCCN(CCc1cccnc1)S(=O)(=O)c1ccc2occc2c1)C(=O)CC(C)(C)C. The number of carbonyl (C=O) groups is 1. The Balaban J connectivity index is 1.77. The third kappa shape index (κ3) is 7.90. The first-order valence-electron chi connectivity index (χ1n) is 12.6. The van der Waals surface area contributed by atoms with Crippen molar-refractivity contribution in [1.82, 2.24) is 14.2 Å². The van der Waals surface area contributed by atoms with Crippen LogP contribution in [-0.2, 0) is 21.2 Å². The number of benzene rings is 1.